The summed E-state index contributed by atoms with van der Waals surface area (Å²) in [5.41, 5.74) is 23.6. The van der Waals surface area contributed by atoms with Gasteiger partial charge in [-0.1, -0.05) is 204 Å². The zero-order chi connectivity index (χ0) is 41.3. The number of nitrogens with zero attached hydrogens (tertiary/aromatic N) is 1. The molecular weight excluding hydrogens is 735 g/mol. The van der Waals surface area contributed by atoms with Crippen LogP contribution >= 0.6 is 0 Å². The fourth-order valence-corrected chi connectivity index (χ4v) is 10.3. The smallest absolute Gasteiger partial charge is 0.0540 e. The molecule has 11 rings (SSSR count). The molecule has 0 amide bonds. The lowest BCUT2D eigenvalue weighted by Crippen LogP contribution is -2.18. The van der Waals surface area contributed by atoms with Gasteiger partial charge in [-0.3, -0.25) is 0 Å². The van der Waals surface area contributed by atoms with E-state index in [1.165, 1.54) is 89.0 Å². The Labute approximate surface area is 360 Å². The molecule has 1 nitrogen and oxygen atoms in total. The molecule has 0 aliphatic heterocycles. The van der Waals surface area contributed by atoms with Crippen LogP contribution < -0.4 is 4.90 Å². The minimum Gasteiger partial charge on any atom is -0.310 e. The third-order valence-electron chi connectivity index (χ3n) is 13.5. The molecule has 2 aliphatic rings. The van der Waals surface area contributed by atoms with E-state index in [2.05, 4.69) is 245 Å². The van der Waals surface area contributed by atoms with Gasteiger partial charge in [-0.05, 0) is 120 Å². The quantitative estimate of drug-likeness (QED) is 0.156. The molecule has 0 bridgehead atoms. The molecule has 292 valence electrons. The lowest BCUT2D eigenvalue weighted by Gasteiger charge is -2.31. The van der Waals surface area contributed by atoms with Gasteiger partial charge in [-0.25, -0.2) is 0 Å². The molecule has 0 aromatic heterocycles. The first kappa shape index (κ1) is 36.8. The number of para-hydroxylation sites is 1. The molecule has 2 aliphatic carbocycles. The number of fused-ring (bicyclic) bond motifs is 6. The summed E-state index contributed by atoms with van der Waals surface area (Å²) in [7, 11) is 0. The van der Waals surface area contributed by atoms with Crippen molar-refractivity contribution in [1.29, 1.82) is 0 Å². The summed E-state index contributed by atoms with van der Waals surface area (Å²) in [6.07, 6.45) is 0. The van der Waals surface area contributed by atoms with Gasteiger partial charge in [0.25, 0.3) is 0 Å². The molecule has 0 fully saturated rings. The van der Waals surface area contributed by atoms with Gasteiger partial charge >= 0.3 is 0 Å². The number of hydrogen-bond acceptors (Lipinski definition) is 1. The highest BCUT2D eigenvalue weighted by molar-refractivity contribution is 5.94. The Morgan fingerprint density at radius 2 is 0.639 bits per heavy atom. The lowest BCUT2D eigenvalue weighted by molar-refractivity contribution is 0.660. The van der Waals surface area contributed by atoms with Crippen LogP contribution in [0, 0.1) is 0 Å². The van der Waals surface area contributed by atoms with E-state index < -0.39 is 0 Å². The van der Waals surface area contributed by atoms with Crippen molar-refractivity contribution in [3.63, 3.8) is 0 Å². The molecule has 0 atom stereocenters. The average molecular weight is 782 g/mol. The lowest BCUT2D eigenvalue weighted by atomic mass is 9.81. The minimum absolute atomic E-state index is 0.126. The van der Waals surface area contributed by atoms with Crippen LogP contribution in [0.15, 0.2) is 212 Å². The van der Waals surface area contributed by atoms with Gasteiger partial charge in [0.2, 0.25) is 0 Å². The summed E-state index contributed by atoms with van der Waals surface area (Å²) in [6, 6.07) is 78.5. The van der Waals surface area contributed by atoms with Crippen LogP contribution in [0.4, 0.5) is 17.1 Å². The van der Waals surface area contributed by atoms with E-state index >= 15 is 0 Å². The molecule has 0 saturated carbocycles. The normalized spacial score (nSPS) is 13.8. The number of benzene rings is 9. The predicted molar refractivity (Wildman–Crippen MR) is 258 cm³/mol. The fourth-order valence-electron chi connectivity index (χ4n) is 10.3. The average Bonchev–Trinajstić information content (AvgIpc) is 3.68. The highest BCUT2D eigenvalue weighted by atomic mass is 15.1. The summed E-state index contributed by atoms with van der Waals surface area (Å²) >= 11 is 0. The van der Waals surface area contributed by atoms with Gasteiger partial charge in [0, 0.05) is 27.8 Å². The zero-order valence-corrected chi connectivity index (χ0v) is 35.2. The molecule has 61 heavy (non-hydrogen) atoms. The van der Waals surface area contributed by atoms with Crippen molar-refractivity contribution in [2.75, 3.05) is 4.90 Å². The monoisotopic (exact) mass is 781 g/mol. The van der Waals surface area contributed by atoms with Crippen molar-refractivity contribution in [2.45, 2.75) is 38.5 Å². The van der Waals surface area contributed by atoms with E-state index in [0.717, 1.165) is 17.1 Å². The molecule has 9 aromatic carbocycles. The van der Waals surface area contributed by atoms with Crippen LogP contribution in [0.2, 0.25) is 0 Å². The molecule has 0 spiro atoms. The maximum absolute atomic E-state index is 2.50. The first-order valence-electron chi connectivity index (χ1n) is 21.5. The Hall–Kier alpha value is -7.22. The minimum atomic E-state index is -0.224. The van der Waals surface area contributed by atoms with Crippen LogP contribution in [0.5, 0.6) is 0 Å². The fraction of sp³-hybridized carbons (Fsp3) is 0.100. The van der Waals surface area contributed by atoms with Gasteiger partial charge in [-0.15, -0.1) is 0 Å². The van der Waals surface area contributed by atoms with E-state index in [1.54, 1.807) is 0 Å². The van der Waals surface area contributed by atoms with Crippen LogP contribution in [-0.4, -0.2) is 0 Å². The first-order valence-corrected chi connectivity index (χ1v) is 21.5. The Bertz CT molecular complexity index is 3120. The summed E-state index contributed by atoms with van der Waals surface area (Å²) in [5.74, 6) is 0. The summed E-state index contributed by atoms with van der Waals surface area (Å²) < 4.78 is 0. The molecule has 0 radical (unpaired) electrons. The Kier molecular flexibility index (Phi) is 8.58. The third kappa shape index (κ3) is 5.99. The van der Waals surface area contributed by atoms with Crippen molar-refractivity contribution in [3.05, 3.63) is 235 Å². The van der Waals surface area contributed by atoms with E-state index in [4.69, 9.17) is 0 Å². The second-order valence-corrected chi connectivity index (χ2v) is 17.7. The highest BCUT2D eigenvalue weighted by Crippen LogP contribution is 2.54. The molecule has 1 heteroatoms. The Morgan fingerprint density at radius 1 is 0.262 bits per heavy atom. The van der Waals surface area contributed by atoms with Crippen molar-refractivity contribution in [1.82, 2.24) is 0 Å². The maximum atomic E-state index is 2.50. The summed E-state index contributed by atoms with van der Waals surface area (Å²) in [4.78, 5) is 2.50. The van der Waals surface area contributed by atoms with E-state index in [9.17, 15) is 0 Å². The molecule has 0 N–H and O–H groups in total. The summed E-state index contributed by atoms with van der Waals surface area (Å²) in [6.45, 7) is 9.54. The molecule has 0 heterocycles. The Balaban J connectivity index is 1.05. The van der Waals surface area contributed by atoms with Crippen LogP contribution in [0.3, 0.4) is 0 Å². The van der Waals surface area contributed by atoms with E-state index in [0.29, 0.717) is 0 Å². The van der Waals surface area contributed by atoms with E-state index in [-0.39, 0.29) is 10.8 Å². The van der Waals surface area contributed by atoms with Crippen molar-refractivity contribution in [3.8, 4) is 66.8 Å². The number of hydrogen-bond donors (Lipinski definition) is 0. The van der Waals surface area contributed by atoms with E-state index in [1.807, 2.05) is 0 Å². The van der Waals surface area contributed by atoms with Crippen molar-refractivity contribution < 1.29 is 0 Å². The molecular formula is C60H47N. The molecule has 0 unspecified atom stereocenters. The van der Waals surface area contributed by atoms with Gasteiger partial charge in [0.05, 0.1) is 5.69 Å². The SMILES string of the molecule is CC1(C)c2ccccc2-c2ccc(N(c3ccc4c(c3)C(C)(C)c3cc(-c5ccccc5-c5ccccc5)ccc3-4)c3ccccc3-c3ccc(-c4ccccc4)cc3)cc21. The second kappa shape index (κ2) is 14.2. The van der Waals surface area contributed by atoms with Crippen LogP contribution in [0.1, 0.15) is 49.9 Å². The van der Waals surface area contributed by atoms with Crippen molar-refractivity contribution >= 4 is 17.1 Å². The topological polar surface area (TPSA) is 3.24 Å². The van der Waals surface area contributed by atoms with Gasteiger partial charge in [-0.2, -0.15) is 0 Å². The highest BCUT2D eigenvalue weighted by Gasteiger charge is 2.38. The van der Waals surface area contributed by atoms with Crippen LogP contribution in [0.25, 0.3) is 66.8 Å². The van der Waals surface area contributed by atoms with Crippen LogP contribution in [-0.2, 0) is 10.8 Å². The predicted octanol–water partition coefficient (Wildman–Crippen LogP) is 16.4. The van der Waals surface area contributed by atoms with Gasteiger partial charge in [0.15, 0.2) is 0 Å². The third-order valence-corrected chi connectivity index (χ3v) is 13.5. The van der Waals surface area contributed by atoms with Crippen molar-refractivity contribution in [2.24, 2.45) is 0 Å². The maximum Gasteiger partial charge on any atom is 0.0540 e. The molecule has 9 aromatic rings. The Morgan fingerprint density at radius 3 is 1.26 bits per heavy atom. The largest absolute Gasteiger partial charge is 0.310 e. The first-order chi connectivity index (χ1) is 29.8. The van der Waals surface area contributed by atoms with Gasteiger partial charge < -0.3 is 4.90 Å². The summed E-state index contributed by atoms with van der Waals surface area (Å²) in [5, 5.41) is 0. The number of anilines is 3. The van der Waals surface area contributed by atoms with Gasteiger partial charge in [0.1, 0.15) is 0 Å². The second-order valence-electron chi connectivity index (χ2n) is 17.7. The zero-order valence-electron chi connectivity index (χ0n) is 35.2. The standard InChI is InChI=1S/C60H47N/c1-59(2)54-25-15-13-24-50(54)52-35-32-45(38-56(52)59)61(58-26-16-14-23-49(58)43-29-27-41(28-30-43)40-17-7-5-8-18-40)46-33-36-53-51-34-31-44(37-55(51)60(3,4)57(53)39-46)48-22-12-11-21-47(48)42-19-9-6-10-20-42/h5-39H,1-4H3. The number of rotatable bonds is 7. The molecule has 0 saturated heterocycles.